The number of hydrogen-bond donors (Lipinski definition) is 0. The van der Waals surface area contributed by atoms with Crippen molar-refractivity contribution < 1.29 is 4.79 Å². The quantitative estimate of drug-likeness (QED) is 0.596. The molecule has 0 saturated carbocycles. The molecule has 0 aliphatic heterocycles. The minimum absolute atomic E-state index is 0.167. The van der Waals surface area contributed by atoms with Crippen LogP contribution in [0.1, 0.15) is 43.5 Å². The van der Waals surface area contributed by atoms with Gasteiger partial charge in [0.1, 0.15) is 0 Å². The number of rotatable bonds is 6. The number of hydrogen-bond acceptors (Lipinski definition) is 3. The molecule has 0 spiro atoms. The second-order valence-electron chi connectivity index (χ2n) is 4.83. The van der Waals surface area contributed by atoms with Gasteiger partial charge in [0.2, 0.25) is 0 Å². The van der Waals surface area contributed by atoms with Crippen LogP contribution < -0.4 is 5.56 Å². The Morgan fingerprint density at radius 3 is 2.65 bits per heavy atom. The fourth-order valence-corrected chi connectivity index (χ4v) is 2.99. The topological polar surface area (TPSA) is 39.1 Å². The predicted molar refractivity (Wildman–Crippen MR) is 83.5 cm³/mol. The molecule has 0 amide bonds. The van der Waals surface area contributed by atoms with Crippen LogP contribution in [0.4, 0.5) is 0 Å². The van der Waals surface area contributed by atoms with Gasteiger partial charge in [0.25, 0.3) is 5.56 Å². The van der Waals surface area contributed by atoms with Gasteiger partial charge in [0.05, 0.1) is 16.1 Å². The van der Waals surface area contributed by atoms with Crippen molar-refractivity contribution in [3.05, 3.63) is 45.6 Å². The van der Waals surface area contributed by atoms with Crippen molar-refractivity contribution in [3.63, 3.8) is 0 Å². The van der Waals surface area contributed by atoms with Gasteiger partial charge in [-0.2, -0.15) is 0 Å². The molecule has 0 unspecified atom stereocenters. The summed E-state index contributed by atoms with van der Waals surface area (Å²) in [6.45, 7) is 4.24. The molecule has 0 aromatic carbocycles. The number of Topliss-reactive ketones (excluding diaryl/α,β-unsaturated/α-hetero) is 1. The van der Waals surface area contributed by atoms with E-state index in [0.29, 0.717) is 6.54 Å². The zero-order chi connectivity index (χ0) is 14.5. The van der Waals surface area contributed by atoms with E-state index >= 15 is 0 Å². The molecule has 0 radical (unpaired) electrons. The molecular formula is C16H19NO2S. The predicted octanol–water partition coefficient (Wildman–Crippen LogP) is 3.97. The van der Waals surface area contributed by atoms with Crippen LogP contribution in [-0.2, 0) is 6.54 Å². The summed E-state index contributed by atoms with van der Waals surface area (Å²) < 4.78 is 1.75. The number of carbonyl (C=O) groups is 1. The highest BCUT2D eigenvalue weighted by Crippen LogP contribution is 2.24. The van der Waals surface area contributed by atoms with Crippen LogP contribution in [-0.4, -0.2) is 10.4 Å². The average Bonchev–Trinajstić information content (AvgIpc) is 2.94. The molecule has 0 atom stereocenters. The second kappa shape index (κ2) is 6.66. The lowest BCUT2D eigenvalue weighted by atomic mass is 10.1. The van der Waals surface area contributed by atoms with Crippen molar-refractivity contribution in [1.29, 1.82) is 0 Å². The third-order valence-electron chi connectivity index (χ3n) is 3.31. The molecule has 106 valence electrons. The second-order valence-corrected chi connectivity index (χ2v) is 5.78. The normalized spacial score (nSPS) is 10.7. The van der Waals surface area contributed by atoms with Crippen molar-refractivity contribution in [2.45, 2.75) is 39.7 Å². The van der Waals surface area contributed by atoms with Gasteiger partial charge in [-0.3, -0.25) is 9.59 Å². The highest BCUT2D eigenvalue weighted by molar-refractivity contribution is 7.13. The number of ketones is 1. The molecule has 0 bridgehead atoms. The number of unbranched alkanes of at least 4 members (excludes halogenated alkanes) is 2. The number of carbonyl (C=O) groups excluding carboxylic acids is 1. The molecule has 2 aromatic heterocycles. The van der Waals surface area contributed by atoms with Crippen molar-refractivity contribution in [2.75, 3.05) is 0 Å². The first-order valence-corrected chi connectivity index (χ1v) is 7.81. The number of pyridine rings is 1. The fourth-order valence-electron chi connectivity index (χ4n) is 2.23. The van der Waals surface area contributed by atoms with Gasteiger partial charge in [0, 0.05) is 6.54 Å². The summed E-state index contributed by atoms with van der Waals surface area (Å²) in [5, 5.41) is 2.00. The van der Waals surface area contributed by atoms with E-state index < -0.39 is 0 Å². The lowest BCUT2D eigenvalue weighted by Gasteiger charge is -2.12. The maximum atomic E-state index is 12.5. The minimum Gasteiger partial charge on any atom is -0.307 e. The Kier molecular flexibility index (Phi) is 4.90. The molecular weight excluding hydrogens is 270 g/mol. The summed E-state index contributed by atoms with van der Waals surface area (Å²) in [7, 11) is 0. The van der Waals surface area contributed by atoms with Crippen molar-refractivity contribution >= 4 is 17.1 Å². The van der Waals surface area contributed by atoms with E-state index in [4.69, 9.17) is 0 Å². The molecule has 0 saturated heterocycles. The first-order chi connectivity index (χ1) is 9.65. The van der Waals surface area contributed by atoms with Crippen LogP contribution in [0.15, 0.2) is 34.4 Å². The van der Waals surface area contributed by atoms with Crippen molar-refractivity contribution in [3.8, 4) is 10.6 Å². The van der Waals surface area contributed by atoms with E-state index in [1.54, 1.807) is 22.0 Å². The van der Waals surface area contributed by atoms with E-state index in [2.05, 4.69) is 6.92 Å². The molecule has 3 nitrogen and oxygen atoms in total. The molecule has 2 aromatic rings. The third-order valence-corrected chi connectivity index (χ3v) is 4.20. The van der Waals surface area contributed by atoms with Crippen LogP contribution in [0.3, 0.4) is 0 Å². The summed E-state index contributed by atoms with van der Waals surface area (Å²) in [5.41, 5.74) is 1.02. The molecule has 0 aliphatic rings. The standard InChI is InChI=1S/C16H19NO2S/c1-3-4-5-10-17-14(15-7-6-11-20-15)9-8-13(12(2)18)16(17)19/h6-9,11H,3-5,10H2,1-2H3. The van der Waals surface area contributed by atoms with Crippen LogP contribution in [0.5, 0.6) is 0 Å². The molecule has 2 rings (SSSR count). The van der Waals surface area contributed by atoms with Gasteiger partial charge < -0.3 is 4.57 Å². The Morgan fingerprint density at radius 2 is 2.05 bits per heavy atom. The van der Waals surface area contributed by atoms with E-state index in [0.717, 1.165) is 29.8 Å². The lowest BCUT2D eigenvalue weighted by molar-refractivity contribution is 0.101. The third kappa shape index (κ3) is 3.07. The SMILES string of the molecule is CCCCCn1c(-c2cccs2)ccc(C(C)=O)c1=O. The summed E-state index contributed by atoms with van der Waals surface area (Å²) in [6, 6.07) is 7.51. The van der Waals surface area contributed by atoms with Gasteiger partial charge in [-0.15, -0.1) is 11.3 Å². The summed E-state index contributed by atoms with van der Waals surface area (Å²) >= 11 is 1.61. The maximum absolute atomic E-state index is 12.5. The fraction of sp³-hybridized carbons (Fsp3) is 0.375. The van der Waals surface area contributed by atoms with Crippen LogP contribution >= 0.6 is 11.3 Å². The van der Waals surface area contributed by atoms with E-state index in [9.17, 15) is 9.59 Å². The minimum atomic E-state index is -0.169. The van der Waals surface area contributed by atoms with E-state index in [1.165, 1.54) is 6.92 Å². The Labute approximate surface area is 122 Å². The Balaban J connectivity index is 2.48. The monoisotopic (exact) mass is 289 g/mol. The smallest absolute Gasteiger partial charge is 0.261 e. The first kappa shape index (κ1) is 14.7. The van der Waals surface area contributed by atoms with Gasteiger partial charge >= 0.3 is 0 Å². The zero-order valence-electron chi connectivity index (χ0n) is 11.9. The lowest BCUT2D eigenvalue weighted by Crippen LogP contribution is -2.26. The average molecular weight is 289 g/mol. The summed E-state index contributed by atoms with van der Waals surface area (Å²) in [6.07, 6.45) is 3.15. The molecule has 2 heterocycles. The zero-order valence-corrected chi connectivity index (χ0v) is 12.7. The van der Waals surface area contributed by atoms with Gasteiger partial charge in [-0.05, 0) is 36.9 Å². The van der Waals surface area contributed by atoms with Gasteiger partial charge in [-0.25, -0.2) is 0 Å². The summed E-state index contributed by atoms with van der Waals surface area (Å²) in [5.74, 6) is -0.169. The molecule has 0 fully saturated rings. The number of thiophene rings is 1. The summed E-state index contributed by atoms with van der Waals surface area (Å²) in [4.78, 5) is 25.1. The van der Waals surface area contributed by atoms with Crippen molar-refractivity contribution in [1.82, 2.24) is 4.57 Å². The largest absolute Gasteiger partial charge is 0.307 e. The highest BCUT2D eigenvalue weighted by Gasteiger charge is 2.13. The maximum Gasteiger partial charge on any atom is 0.261 e. The Bertz CT molecular complexity index is 641. The highest BCUT2D eigenvalue weighted by atomic mass is 32.1. The molecule has 4 heteroatoms. The number of aromatic nitrogens is 1. The Hall–Kier alpha value is -1.68. The van der Waals surface area contributed by atoms with Crippen LogP contribution in [0.2, 0.25) is 0 Å². The van der Waals surface area contributed by atoms with Gasteiger partial charge in [-0.1, -0.05) is 25.8 Å². The Morgan fingerprint density at radius 1 is 1.25 bits per heavy atom. The molecule has 0 aliphatic carbocycles. The number of nitrogens with zero attached hydrogens (tertiary/aromatic N) is 1. The molecule has 0 N–H and O–H groups in total. The van der Waals surface area contributed by atoms with E-state index in [1.807, 2.05) is 23.6 Å². The molecule has 20 heavy (non-hydrogen) atoms. The van der Waals surface area contributed by atoms with E-state index in [-0.39, 0.29) is 16.9 Å². The van der Waals surface area contributed by atoms with Crippen LogP contribution in [0, 0.1) is 0 Å². The van der Waals surface area contributed by atoms with Gasteiger partial charge in [0.15, 0.2) is 5.78 Å². The van der Waals surface area contributed by atoms with Crippen LogP contribution in [0.25, 0.3) is 10.6 Å². The first-order valence-electron chi connectivity index (χ1n) is 6.93. The van der Waals surface area contributed by atoms with Crippen molar-refractivity contribution in [2.24, 2.45) is 0 Å².